The zero-order valence-electron chi connectivity index (χ0n) is 18.4. The summed E-state index contributed by atoms with van der Waals surface area (Å²) in [6.45, 7) is 2.96. The maximum absolute atomic E-state index is 12.6. The smallest absolute Gasteiger partial charge is 0.237 e. The number of carbonyl (C=O) groups excluding carboxylic acids is 1. The van der Waals surface area contributed by atoms with Gasteiger partial charge in [-0.1, -0.05) is 53.7 Å². The van der Waals surface area contributed by atoms with E-state index < -0.39 is 0 Å². The number of hydrogen-bond acceptors (Lipinski definition) is 6. The molecule has 3 aromatic carbocycles. The van der Waals surface area contributed by atoms with Gasteiger partial charge in [-0.25, -0.2) is 0 Å². The molecule has 5 aromatic rings. The van der Waals surface area contributed by atoms with Crippen molar-refractivity contribution < 1.29 is 14.3 Å². The molecule has 9 heteroatoms. The fourth-order valence-corrected chi connectivity index (χ4v) is 4.80. The Morgan fingerprint density at radius 3 is 2.65 bits per heavy atom. The first-order valence-electron chi connectivity index (χ1n) is 10.9. The predicted molar refractivity (Wildman–Crippen MR) is 131 cm³/mol. The van der Waals surface area contributed by atoms with E-state index in [1.54, 1.807) is 18.2 Å². The highest BCUT2D eigenvalue weighted by Gasteiger charge is 2.19. The summed E-state index contributed by atoms with van der Waals surface area (Å²) < 4.78 is 14.9. The second kappa shape index (κ2) is 8.42. The van der Waals surface area contributed by atoms with Crippen LogP contribution in [-0.2, 0) is 11.3 Å². The second-order valence-corrected chi connectivity index (χ2v) is 9.03. The number of benzene rings is 3. The number of carbonyl (C=O) groups is 1. The van der Waals surface area contributed by atoms with Crippen molar-refractivity contribution in [2.75, 3.05) is 17.9 Å². The number of nitrogens with zero attached hydrogens (tertiary/aromatic N) is 4. The first-order valence-corrected chi connectivity index (χ1v) is 11.8. The molecular weight excluding hydrogens is 450 g/mol. The summed E-state index contributed by atoms with van der Waals surface area (Å²) in [6.07, 6.45) is 0. The van der Waals surface area contributed by atoms with Crippen molar-refractivity contribution in [1.82, 2.24) is 19.2 Å². The molecule has 0 fully saturated rings. The Kier molecular flexibility index (Phi) is 5.10. The van der Waals surface area contributed by atoms with Gasteiger partial charge in [0, 0.05) is 11.8 Å². The number of ether oxygens (including phenoxy) is 2. The zero-order valence-corrected chi connectivity index (χ0v) is 19.2. The first-order chi connectivity index (χ1) is 16.7. The number of rotatable bonds is 6. The van der Waals surface area contributed by atoms with E-state index in [-0.39, 0.29) is 18.5 Å². The zero-order chi connectivity index (χ0) is 23.1. The summed E-state index contributed by atoms with van der Waals surface area (Å²) in [5.41, 5.74) is 5.16. The number of aryl methyl sites for hydroxylation is 1. The molecule has 1 aliphatic rings. The van der Waals surface area contributed by atoms with Crippen LogP contribution in [0.2, 0.25) is 0 Å². The van der Waals surface area contributed by atoms with Gasteiger partial charge in [0.2, 0.25) is 18.5 Å². The van der Waals surface area contributed by atoms with E-state index in [0.717, 1.165) is 16.8 Å². The van der Waals surface area contributed by atoms with Crippen LogP contribution in [0.25, 0.3) is 16.8 Å². The quantitative estimate of drug-likeness (QED) is 0.367. The van der Waals surface area contributed by atoms with E-state index in [4.69, 9.17) is 9.47 Å². The van der Waals surface area contributed by atoms with Gasteiger partial charge in [0.15, 0.2) is 16.7 Å². The molecule has 0 saturated carbocycles. The fraction of sp³-hybridized carbons (Fsp3) is 0.160. The number of amides is 1. The average molecular weight is 472 g/mol. The van der Waals surface area contributed by atoms with Crippen molar-refractivity contribution >= 4 is 40.2 Å². The van der Waals surface area contributed by atoms with Crippen LogP contribution in [0.4, 0.5) is 5.69 Å². The third-order valence-electron chi connectivity index (χ3n) is 5.72. The summed E-state index contributed by atoms with van der Waals surface area (Å²) >= 11 is 1.35. The lowest BCUT2D eigenvalue weighted by atomic mass is 10.1. The van der Waals surface area contributed by atoms with Gasteiger partial charge in [-0.15, -0.1) is 10.2 Å². The molecule has 170 valence electrons. The van der Waals surface area contributed by atoms with Crippen LogP contribution in [0.5, 0.6) is 11.5 Å². The fourth-order valence-electron chi connectivity index (χ4n) is 4.06. The molecule has 0 spiro atoms. The number of para-hydroxylation sites is 2. The van der Waals surface area contributed by atoms with E-state index in [0.29, 0.717) is 28.9 Å². The largest absolute Gasteiger partial charge is 0.454 e. The molecule has 0 bridgehead atoms. The molecule has 0 saturated heterocycles. The minimum Gasteiger partial charge on any atom is -0.454 e. The number of thioether (sulfide) groups is 1. The van der Waals surface area contributed by atoms with Crippen LogP contribution in [0, 0.1) is 6.92 Å². The topological polar surface area (TPSA) is 82.7 Å². The average Bonchev–Trinajstić information content (AvgIpc) is 3.55. The summed E-state index contributed by atoms with van der Waals surface area (Å²) in [6, 6.07) is 22.0. The Labute approximate surface area is 199 Å². The van der Waals surface area contributed by atoms with Crippen molar-refractivity contribution in [2.24, 2.45) is 0 Å². The molecule has 2 aromatic heterocycles. The molecular formula is C25H21N5O3S. The van der Waals surface area contributed by atoms with E-state index in [1.807, 2.05) is 22.6 Å². The Morgan fingerprint density at radius 1 is 1.00 bits per heavy atom. The van der Waals surface area contributed by atoms with Gasteiger partial charge < -0.3 is 19.4 Å². The number of aromatic nitrogens is 4. The summed E-state index contributed by atoms with van der Waals surface area (Å²) in [5, 5.41) is 12.4. The van der Waals surface area contributed by atoms with Crippen LogP contribution in [-0.4, -0.2) is 37.6 Å². The van der Waals surface area contributed by atoms with E-state index >= 15 is 0 Å². The molecule has 1 N–H and O–H groups in total. The second-order valence-electron chi connectivity index (χ2n) is 8.08. The van der Waals surface area contributed by atoms with Crippen molar-refractivity contribution in [2.45, 2.75) is 18.6 Å². The molecule has 8 nitrogen and oxygen atoms in total. The van der Waals surface area contributed by atoms with Crippen LogP contribution in [0.3, 0.4) is 0 Å². The van der Waals surface area contributed by atoms with Gasteiger partial charge in [-0.05, 0) is 36.8 Å². The lowest BCUT2D eigenvalue weighted by Gasteiger charge is -2.05. The highest BCUT2D eigenvalue weighted by Crippen LogP contribution is 2.34. The van der Waals surface area contributed by atoms with Crippen molar-refractivity contribution in [3.05, 3.63) is 77.9 Å². The maximum atomic E-state index is 12.6. The molecule has 1 aliphatic heterocycles. The molecule has 3 heterocycles. The first kappa shape index (κ1) is 20.6. The Bertz CT molecular complexity index is 1520. The van der Waals surface area contributed by atoms with Gasteiger partial charge in [-0.3, -0.25) is 9.20 Å². The van der Waals surface area contributed by atoms with Crippen LogP contribution < -0.4 is 14.8 Å². The monoisotopic (exact) mass is 471 g/mol. The third-order valence-corrected chi connectivity index (χ3v) is 6.65. The summed E-state index contributed by atoms with van der Waals surface area (Å²) in [5.74, 6) is 2.13. The lowest BCUT2D eigenvalue weighted by Crippen LogP contribution is -2.14. The van der Waals surface area contributed by atoms with Gasteiger partial charge in [0.25, 0.3) is 0 Å². The molecule has 34 heavy (non-hydrogen) atoms. The minimum absolute atomic E-state index is 0.135. The Balaban J connectivity index is 1.25. The molecule has 0 atom stereocenters. The predicted octanol–water partition coefficient (Wildman–Crippen LogP) is 4.50. The number of anilines is 1. The third kappa shape index (κ3) is 3.73. The molecule has 0 unspecified atom stereocenters. The Hall–Kier alpha value is -3.98. The van der Waals surface area contributed by atoms with Gasteiger partial charge in [0.05, 0.1) is 23.3 Å². The van der Waals surface area contributed by atoms with E-state index in [9.17, 15) is 4.79 Å². The normalized spacial score (nSPS) is 12.5. The van der Waals surface area contributed by atoms with Crippen molar-refractivity contribution in [3.8, 4) is 11.5 Å². The number of nitrogens with one attached hydrogen (secondary N) is 1. The minimum atomic E-state index is -0.135. The van der Waals surface area contributed by atoms with Gasteiger partial charge in [-0.2, -0.15) is 0 Å². The Morgan fingerprint density at radius 2 is 1.79 bits per heavy atom. The van der Waals surface area contributed by atoms with Gasteiger partial charge >= 0.3 is 0 Å². The molecule has 6 rings (SSSR count). The number of fused-ring (bicyclic) bond motifs is 4. The number of imidazole rings is 1. The highest BCUT2D eigenvalue weighted by atomic mass is 32.2. The van der Waals surface area contributed by atoms with Crippen LogP contribution >= 0.6 is 11.8 Å². The molecule has 1 amide bonds. The van der Waals surface area contributed by atoms with Crippen LogP contribution in [0.1, 0.15) is 11.1 Å². The van der Waals surface area contributed by atoms with Crippen molar-refractivity contribution in [1.29, 1.82) is 0 Å². The van der Waals surface area contributed by atoms with Gasteiger partial charge in [0.1, 0.15) is 0 Å². The van der Waals surface area contributed by atoms with E-state index in [1.165, 1.54) is 22.9 Å². The number of hydrogen-bond donors (Lipinski definition) is 1. The van der Waals surface area contributed by atoms with E-state index in [2.05, 4.69) is 57.3 Å². The molecule has 0 radical (unpaired) electrons. The standard InChI is InChI=1S/C25H21N5O3S/c1-16-6-8-17(9-7-16)13-29-19-4-2-3-5-20(19)30-24(29)27-28-25(30)34-14-23(31)26-18-10-11-21-22(12-18)33-15-32-21/h2-12H,13-15H2,1H3,(H,26,31). The highest BCUT2D eigenvalue weighted by molar-refractivity contribution is 7.99. The maximum Gasteiger partial charge on any atom is 0.237 e. The summed E-state index contributed by atoms with van der Waals surface area (Å²) in [4.78, 5) is 12.6. The molecule has 0 aliphatic carbocycles. The SMILES string of the molecule is Cc1ccc(Cn2c3ccccc3n3c(SCC(=O)Nc4ccc5c(c4)OCO5)nnc23)cc1. The van der Waals surface area contributed by atoms with Crippen LogP contribution in [0.15, 0.2) is 71.9 Å². The van der Waals surface area contributed by atoms with Crippen molar-refractivity contribution in [3.63, 3.8) is 0 Å². The summed E-state index contributed by atoms with van der Waals surface area (Å²) in [7, 11) is 0. The lowest BCUT2D eigenvalue weighted by molar-refractivity contribution is -0.113.